The summed E-state index contributed by atoms with van der Waals surface area (Å²) in [7, 11) is 0. The molecular weight excluding hydrogens is 499 g/mol. The third-order valence-electron chi connectivity index (χ3n) is 6.17. The van der Waals surface area contributed by atoms with Crippen molar-refractivity contribution in [2.24, 2.45) is 11.5 Å². The summed E-state index contributed by atoms with van der Waals surface area (Å²) in [5.74, 6) is 0.467. The van der Waals surface area contributed by atoms with Crippen molar-refractivity contribution in [2.75, 3.05) is 18.1 Å². The summed E-state index contributed by atoms with van der Waals surface area (Å²) in [5, 5.41) is 4.10. The van der Waals surface area contributed by atoms with Gasteiger partial charge in [0.15, 0.2) is 0 Å². The van der Waals surface area contributed by atoms with Gasteiger partial charge in [0.1, 0.15) is 25.1 Å². The molecule has 3 aromatic heterocycles. The van der Waals surface area contributed by atoms with Crippen molar-refractivity contribution in [1.82, 2.24) is 29.6 Å². The average Bonchev–Trinajstić information content (AvgIpc) is 3.44. The lowest BCUT2D eigenvalue weighted by Gasteiger charge is -2.46. The fourth-order valence-corrected chi connectivity index (χ4v) is 4.37. The zero-order chi connectivity index (χ0) is 26.9. The summed E-state index contributed by atoms with van der Waals surface area (Å²) in [5.41, 5.74) is 16.4. The Bertz CT molecular complexity index is 1360. The standard InChI is InChI=1S/C25H26F3N9O/c1-2-38-21-10-5-17(11-32-21)19-8-9-20-22(34-19)23(29)36(13-25(26,27)28)24(30)35(20)12-16-3-6-18(7-4-16)37-15-31-14-33-37/h3-11,14-15,23-24H,2,12-13,29-30H2,1H3. The van der Waals surface area contributed by atoms with Gasteiger partial charge in [0, 0.05) is 24.4 Å². The first kappa shape index (κ1) is 25.6. The lowest BCUT2D eigenvalue weighted by atomic mass is 10.1. The fraction of sp³-hybridized carbons (Fsp3) is 0.280. The maximum Gasteiger partial charge on any atom is 0.401 e. The van der Waals surface area contributed by atoms with Gasteiger partial charge < -0.3 is 15.4 Å². The number of hydrogen-bond acceptors (Lipinski definition) is 9. The Labute approximate surface area is 216 Å². The second-order valence-electron chi connectivity index (χ2n) is 8.70. The molecule has 0 saturated carbocycles. The van der Waals surface area contributed by atoms with E-state index in [1.165, 1.54) is 6.33 Å². The number of nitrogens with zero attached hydrogens (tertiary/aromatic N) is 7. The zero-order valence-corrected chi connectivity index (χ0v) is 20.5. The van der Waals surface area contributed by atoms with Crippen LogP contribution in [0.15, 0.2) is 67.4 Å². The Morgan fingerprint density at radius 1 is 1.03 bits per heavy atom. The molecule has 0 spiro atoms. The lowest BCUT2D eigenvalue weighted by Crippen LogP contribution is -2.62. The van der Waals surface area contributed by atoms with Crippen LogP contribution in [0.4, 0.5) is 18.9 Å². The zero-order valence-electron chi connectivity index (χ0n) is 20.5. The van der Waals surface area contributed by atoms with Gasteiger partial charge in [0.05, 0.1) is 35.9 Å². The van der Waals surface area contributed by atoms with Crippen LogP contribution < -0.4 is 21.1 Å². The van der Waals surface area contributed by atoms with Crippen LogP contribution in [-0.4, -0.2) is 55.2 Å². The highest BCUT2D eigenvalue weighted by Crippen LogP contribution is 2.38. The van der Waals surface area contributed by atoms with Gasteiger partial charge in [0.25, 0.3) is 0 Å². The van der Waals surface area contributed by atoms with Crippen molar-refractivity contribution in [2.45, 2.75) is 32.1 Å². The van der Waals surface area contributed by atoms with Crippen LogP contribution in [0.2, 0.25) is 0 Å². The molecule has 0 bridgehead atoms. The van der Waals surface area contributed by atoms with Crippen LogP contribution in [0.3, 0.4) is 0 Å². The number of hydrogen-bond donors (Lipinski definition) is 2. The molecule has 0 saturated heterocycles. The Balaban J connectivity index is 1.49. The number of ether oxygens (including phenoxy) is 1. The molecule has 0 radical (unpaired) electrons. The van der Waals surface area contributed by atoms with Crippen molar-refractivity contribution >= 4 is 5.69 Å². The van der Waals surface area contributed by atoms with Gasteiger partial charge >= 0.3 is 6.18 Å². The van der Waals surface area contributed by atoms with Crippen LogP contribution in [0.1, 0.15) is 24.3 Å². The first-order valence-electron chi connectivity index (χ1n) is 11.9. The van der Waals surface area contributed by atoms with Gasteiger partial charge in [-0.15, -0.1) is 0 Å². The van der Waals surface area contributed by atoms with Crippen molar-refractivity contribution in [3.8, 4) is 22.8 Å². The monoisotopic (exact) mass is 525 g/mol. The molecule has 1 aliphatic heterocycles. The molecule has 2 unspecified atom stereocenters. The SMILES string of the molecule is CCOc1ccc(-c2ccc3c(n2)C(N)N(CC(F)(F)F)C(N)N3Cc2ccc(-n3cncn3)cc2)cn1. The predicted octanol–water partition coefficient (Wildman–Crippen LogP) is 3.21. The van der Waals surface area contributed by atoms with Crippen LogP contribution in [0.25, 0.3) is 16.9 Å². The van der Waals surface area contributed by atoms with E-state index in [1.54, 1.807) is 46.4 Å². The van der Waals surface area contributed by atoms with E-state index in [0.29, 0.717) is 35.1 Å². The Hall–Kier alpha value is -4.07. The van der Waals surface area contributed by atoms with E-state index in [-0.39, 0.29) is 6.54 Å². The third-order valence-corrected chi connectivity index (χ3v) is 6.17. The molecule has 10 nitrogen and oxygen atoms in total. The highest BCUT2D eigenvalue weighted by molar-refractivity contribution is 5.64. The maximum atomic E-state index is 13.5. The van der Waals surface area contributed by atoms with Crippen LogP contribution in [-0.2, 0) is 6.54 Å². The number of aromatic nitrogens is 5. The normalized spacial score (nSPS) is 17.9. The first-order valence-corrected chi connectivity index (χ1v) is 11.9. The highest BCUT2D eigenvalue weighted by Gasteiger charge is 2.42. The quantitative estimate of drug-likeness (QED) is 0.374. The number of fused-ring (bicyclic) bond motifs is 1. The molecule has 4 N–H and O–H groups in total. The second kappa shape index (κ2) is 10.4. The van der Waals surface area contributed by atoms with Crippen molar-refractivity contribution in [3.05, 3.63) is 78.6 Å². The van der Waals surface area contributed by atoms with Crippen molar-refractivity contribution in [1.29, 1.82) is 0 Å². The van der Waals surface area contributed by atoms with E-state index < -0.39 is 25.2 Å². The summed E-state index contributed by atoms with van der Waals surface area (Å²) in [6.45, 7) is 1.29. The number of benzene rings is 1. The summed E-state index contributed by atoms with van der Waals surface area (Å²) >= 11 is 0. The topological polar surface area (TPSA) is 124 Å². The minimum atomic E-state index is -4.51. The van der Waals surface area contributed by atoms with E-state index in [0.717, 1.165) is 16.2 Å². The van der Waals surface area contributed by atoms with Gasteiger partial charge in [-0.1, -0.05) is 12.1 Å². The fourth-order valence-electron chi connectivity index (χ4n) is 4.37. The highest BCUT2D eigenvalue weighted by atomic mass is 19.4. The molecule has 38 heavy (non-hydrogen) atoms. The van der Waals surface area contributed by atoms with Gasteiger partial charge in [-0.2, -0.15) is 18.3 Å². The van der Waals surface area contributed by atoms with Crippen LogP contribution >= 0.6 is 0 Å². The molecule has 1 aromatic carbocycles. The number of pyridine rings is 2. The average molecular weight is 526 g/mol. The third kappa shape index (κ3) is 5.30. The van der Waals surface area contributed by atoms with Crippen LogP contribution in [0, 0.1) is 0 Å². The molecule has 4 heterocycles. The summed E-state index contributed by atoms with van der Waals surface area (Å²) in [4.78, 5) is 15.5. The van der Waals surface area contributed by atoms with Gasteiger partial charge in [-0.3, -0.25) is 5.73 Å². The molecule has 0 aliphatic carbocycles. The van der Waals surface area contributed by atoms with Crippen molar-refractivity contribution < 1.29 is 17.9 Å². The molecule has 198 valence electrons. The largest absolute Gasteiger partial charge is 0.478 e. The van der Waals surface area contributed by atoms with Crippen LogP contribution in [0.5, 0.6) is 5.88 Å². The minimum Gasteiger partial charge on any atom is -0.478 e. The van der Waals surface area contributed by atoms with Gasteiger partial charge in [-0.05, 0) is 42.8 Å². The van der Waals surface area contributed by atoms with E-state index in [2.05, 4.69) is 20.1 Å². The molecule has 1 aliphatic rings. The number of rotatable bonds is 7. The Kier molecular flexibility index (Phi) is 6.97. The minimum absolute atomic E-state index is 0.235. The summed E-state index contributed by atoms with van der Waals surface area (Å²) < 4.78 is 47.5. The molecule has 5 rings (SSSR count). The smallest absolute Gasteiger partial charge is 0.401 e. The lowest BCUT2D eigenvalue weighted by molar-refractivity contribution is -0.158. The molecule has 0 amide bonds. The summed E-state index contributed by atoms with van der Waals surface area (Å²) in [6.07, 6.45) is -2.19. The number of alkyl halides is 3. The maximum absolute atomic E-state index is 13.5. The molecule has 0 fully saturated rings. The number of anilines is 1. The number of nitrogens with two attached hydrogens (primary N) is 2. The van der Waals surface area contributed by atoms with E-state index >= 15 is 0 Å². The molecule has 4 aromatic rings. The number of halogens is 3. The van der Waals surface area contributed by atoms with Crippen molar-refractivity contribution in [3.63, 3.8) is 0 Å². The van der Waals surface area contributed by atoms with E-state index in [4.69, 9.17) is 16.2 Å². The molecular formula is C25H26F3N9O. The molecule has 2 atom stereocenters. The predicted molar refractivity (Wildman–Crippen MR) is 134 cm³/mol. The van der Waals surface area contributed by atoms with E-state index in [9.17, 15) is 13.2 Å². The first-order chi connectivity index (χ1) is 18.2. The van der Waals surface area contributed by atoms with Gasteiger partial charge in [0.2, 0.25) is 5.88 Å². The second-order valence-corrected chi connectivity index (χ2v) is 8.70. The summed E-state index contributed by atoms with van der Waals surface area (Å²) in [6, 6.07) is 14.5. The van der Waals surface area contributed by atoms with Gasteiger partial charge in [-0.25, -0.2) is 24.5 Å². The molecule has 13 heteroatoms. The van der Waals surface area contributed by atoms with E-state index in [1.807, 2.05) is 31.2 Å². The Morgan fingerprint density at radius 3 is 2.45 bits per heavy atom. The Morgan fingerprint density at radius 2 is 1.82 bits per heavy atom.